The van der Waals surface area contributed by atoms with Crippen molar-refractivity contribution in [1.29, 1.82) is 0 Å². The van der Waals surface area contributed by atoms with Crippen molar-refractivity contribution >= 4 is 11.9 Å². The Kier molecular flexibility index (Phi) is 5.76. The van der Waals surface area contributed by atoms with Crippen molar-refractivity contribution in [3.05, 3.63) is 30.6 Å². The third-order valence-electron chi connectivity index (χ3n) is 4.16. The predicted molar refractivity (Wildman–Crippen MR) is 96.3 cm³/mol. The Balaban J connectivity index is 1.62. The number of hydrogen-bond donors (Lipinski definition) is 1. The Morgan fingerprint density at radius 1 is 1.16 bits per heavy atom. The van der Waals surface area contributed by atoms with Crippen LogP contribution in [0.5, 0.6) is 0 Å². The summed E-state index contributed by atoms with van der Waals surface area (Å²) < 4.78 is 2.01. The largest absolute Gasteiger partial charge is 0.357 e. The predicted octanol–water partition coefficient (Wildman–Crippen LogP) is 0.376. The first-order chi connectivity index (χ1) is 12.3. The lowest BCUT2D eigenvalue weighted by Crippen LogP contribution is -2.53. The first-order valence-corrected chi connectivity index (χ1v) is 8.73. The maximum atomic E-state index is 4.74. The molecule has 1 N–H and O–H groups in total. The van der Waals surface area contributed by atoms with Gasteiger partial charge in [-0.15, -0.1) is 10.2 Å². The highest BCUT2D eigenvalue weighted by atomic mass is 15.4. The smallest absolute Gasteiger partial charge is 0.225 e. The Hall–Kier alpha value is -2.71. The molecule has 0 aliphatic carbocycles. The minimum atomic E-state index is 0.526. The van der Waals surface area contributed by atoms with Gasteiger partial charge in [0.25, 0.3) is 0 Å². The van der Waals surface area contributed by atoms with E-state index >= 15 is 0 Å². The number of hydrogen-bond acceptors (Lipinski definition) is 6. The SMILES string of the molecule is CCNC(=NCc1nncn1CC)N1CCN(c2ncccn2)CC1. The Bertz CT molecular complexity index is 674. The van der Waals surface area contributed by atoms with E-state index in [2.05, 4.69) is 49.1 Å². The van der Waals surface area contributed by atoms with Crippen molar-refractivity contribution in [3.8, 4) is 0 Å². The number of guanidine groups is 1. The number of aliphatic imine (C=N–C) groups is 1. The first-order valence-electron chi connectivity index (χ1n) is 8.73. The molecule has 9 heteroatoms. The number of rotatable bonds is 5. The fraction of sp³-hybridized carbons (Fsp3) is 0.562. The standard InChI is InChI=1S/C16H25N9/c1-3-17-15(20-12-14-22-21-13-23(14)4-2)24-8-10-25(11-9-24)16-18-6-5-7-19-16/h5-7,13H,3-4,8-12H2,1-2H3,(H,17,20). The van der Waals surface area contributed by atoms with Crippen LogP contribution in [0.15, 0.2) is 29.8 Å². The number of nitrogens with zero attached hydrogens (tertiary/aromatic N) is 8. The number of anilines is 1. The second-order valence-electron chi connectivity index (χ2n) is 5.73. The topological polar surface area (TPSA) is 87.4 Å². The maximum Gasteiger partial charge on any atom is 0.225 e. The minimum Gasteiger partial charge on any atom is -0.357 e. The number of piperazine rings is 1. The molecular formula is C16H25N9. The summed E-state index contributed by atoms with van der Waals surface area (Å²) in [4.78, 5) is 17.9. The van der Waals surface area contributed by atoms with Gasteiger partial charge in [-0.05, 0) is 19.9 Å². The average Bonchev–Trinajstić information content (AvgIpc) is 3.13. The maximum absolute atomic E-state index is 4.74. The summed E-state index contributed by atoms with van der Waals surface area (Å²) in [5, 5.41) is 11.5. The van der Waals surface area contributed by atoms with E-state index in [1.165, 1.54) is 0 Å². The van der Waals surface area contributed by atoms with Crippen LogP contribution in [0.2, 0.25) is 0 Å². The molecule has 1 aliphatic rings. The molecule has 0 spiro atoms. The van der Waals surface area contributed by atoms with Crippen LogP contribution < -0.4 is 10.2 Å². The second kappa shape index (κ2) is 8.41. The molecule has 0 bridgehead atoms. The lowest BCUT2D eigenvalue weighted by molar-refractivity contribution is 0.370. The molecule has 2 aromatic rings. The molecule has 25 heavy (non-hydrogen) atoms. The van der Waals surface area contributed by atoms with Gasteiger partial charge in [0.2, 0.25) is 5.95 Å². The van der Waals surface area contributed by atoms with E-state index in [-0.39, 0.29) is 0 Å². The summed E-state index contributed by atoms with van der Waals surface area (Å²) in [5.74, 6) is 2.59. The summed E-state index contributed by atoms with van der Waals surface area (Å²) in [6.45, 7) is 9.88. The lowest BCUT2D eigenvalue weighted by atomic mass is 10.3. The zero-order chi connectivity index (χ0) is 17.5. The van der Waals surface area contributed by atoms with E-state index in [0.717, 1.165) is 57.0 Å². The Labute approximate surface area is 147 Å². The molecule has 1 aliphatic heterocycles. The van der Waals surface area contributed by atoms with Gasteiger partial charge in [0.15, 0.2) is 11.8 Å². The van der Waals surface area contributed by atoms with Gasteiger partial charge in [-0.2, -0.15) is 0 Å². The van der Waals surface area contributed by atoms with E-state index in [4.69, 9.17) is 4.99 Å². The Morgan fingerprint density at radius 3 is 2.60 bits per heavy atom. The molecule has 2 aromatic heterocycles. The molecule has 0 unspecified atom stereocenters. The number of aromatic nitrogens is 5. The molecule has 0 atom stereocenters. The van der Waals surface area contributed by atoms with Crippen LogP contribution in [0.1, 0.15) is 19.7 Å². The molecule has 0 saturated carbocycles. The van der Waals surface area contributed by atoms with Crippen LogP contribution in [0.3, 0.4) is 0 Å². The van der Waals surface area contributed by atoms with Crippen molar-refractivity contribution in [1.82, 2.24) is 34.9 Å². The molecular weight excluding hydrogens is 318 g/mol. The lowest BCUT2D eigenvalue weighted by Gasteiger charge is -2.36. The van der Waals surface area contributed by atoms with Crippen molar-refractivity contribution in [2.45, 2.75) is 26.9 Å². The summed E-state index contributed by atoms with van der Waals surface area (Å²) >= 11 is 0. The summed E-state index contributed by atoms with van der Waals surface area (Å²) in [7, 11) is 0. The second-order valence-corrected chi connectivity index (χ2v) is 5.73. The third kappa shape index (κ3) is 4.23. The van der Waals surface area contributed by atoms with Gasteiger partial charge in [0.1, 0.15) is 12.9 Å². The highest BCUT2D eigenvalue weighted by molar-refractivity contribution is 5.80. The van der Waals surface area contributed by atoms with E-state index in [1.54, 1.807) is 18.7 Å². The minimum absolute atomic E-state index is 0.526. The molecule has 3 heterocycles. The van der Waals surface area contributed by atoms with Crippen LogP contribution in [0.4, 0.5) is 5.95 Å². The number of aryl methyl sites for hydroxylation is 1. The highest BCUT2D eigenvalue weighted by Crippen LogP contribution is 2.10. The van der Waals surface area contributed by atoms with Crippen molar-refractivity contribution in [3.63, 3.8) is 0 Å². The van der Waals surface area contributed by atoms with Gasteiger partial charge in [0, 0.05) is 51.7 Å². The number of nitrogens with one attached hydrogen (secondary N) is 1. The third-order valence-corrected chi connectivity index (χ3v) is 4.16. The zero-order valence-corrected chi connectivity index (χ0v) is 14.8. The molecule has 0 aromatic carbocycles. The fourth-order valence-corrected chi connectivity index (χ4v) is 2.81. The van der Waals surface area contributed by atoms with Gasteiger partial charge in [-0.3, -0.25) is 0 Å². The molecule has 0 radical (unpaired) electrons. The van der Waals surface area contributed by atoms with Crippen molar-refractivity contribution < 1.29 is 0 Å². The molecule has 1 saturated heterocycles. The summed E-state index contributed by atoms with van der Waals surface area (Å²) in [6, 6.07) is 1.84. The van der Waals surface area contributed by atoms with E-state index in [9.17, 15) is 0 Å². The highest BCUT2D eigenvalue weighted by Gasteiger charge is 2.21. The fourth-order valence-electron chi connectivity index (χ4n) is 2.81. The monoisotopic (exact) mass is 343 g/mol. The van der Waals surface area contributed by atoms with Crippen molar-refractivity contribution in [2.75, 3.05) is 37.6 Å². The van der Waals surface area contributed by atoms with Gasteiger partial charge in [-0.1, -0.05) is 0 Å². The average molecular weight is 343 g/mol. The van der Waals surface area contributed by atoms with Crippen LogP contribution in [-0.4, -0.2) is 68.3 Å². The van der Waals surface area contributed by atoms with Crippen LogP contribution in [0, 0.1) is 0 Å². The van der Waals surface area contributed by atoms with Crippen LogP contribution >= 0.6 is 0 Å². The molecule has 3 rings (SSSR count). The zero-order valence-electron chi connectivity index (χ0n) is 14.8. The van der Waals surface area contributed by atoms with E-state index in [0.29, 0.717) is 6.54 Å². The van der Waals surface area contributed by atoms with E-state index in [1.807, 2.05) is 10.6 Å². The van der Waals surface area contributed by atoms with Gasteiger partial charge >= 0.3 is 0 Å². The van der Waals surface area contributed by atoms with E-state index < -0.39 is 0 Å². The van der Waals surface area contributed by atoms with Gasteiger partial charge in [-0.25, -0.2) is 15.0 Å². The first kappa shape index (κ1) is 17.1. The van der Waals surface area contributed by atoms with Crippen LogP contribution in [-0.2, 0) is 13.1 Å². The molecule has 1 fully saturated rings. The summed E-state index contributed by atoms with van der Waals surface area (Å²) in [5.41, 5.74) is 0. The van der Waals surface area contributed by atoms with Gasteiger partial charge in [0.05, 0.1) is 0 Å². The molecule has 0 amide bonds. The molecule has 9 nitrogen and oxygen atoms in total. The Morgan fingerprint density at radius 2 is 1.92 bits per heavy atom. The van der Waals surface area contributed by atoms with Crippen molar-refractivity contribution in [2.24, 2.45) is 4.99 Å². The van der Waals surface area contributed by atoms with Crippen LogP contribution in [0.25, 0.3) is 0 Å². The quantitative estimate of drug-likeness (QED) is 0.620. The van der Waals surface area contributed by atoms with Gasteiger partial charge < -0.3 is 19.7 Å². The summed E-state index contributed by atoms with van der Waals surface area (Å²) in [6.07, 6.45) is 5.31. The normalized spacial score (nSPS) is 15.5. The molecule has 134 valence electrons.